The molecule has 1 aliphatic carbocycles. The van der Waals surface area contributed by atoms with Crippen molar-refractivity contribution in [2.75, 3.05) is 0 Å². The maximum Gasteiger partial charge on any atom is -0.0180 e. The van der Waals surface area contributed by atoms with Gasteiger partial charge < -0.3 is 0 Å². The van der Waals surface area contributed by atoms with E-state index in [4.69, 9.17) is 0 Å². The fraction of sp³-hybridized carbons (Fsp3) is 0.800. The van der Waals surface area contributed by atoms with Crippen molar-refractivity contribution >= 4 is 0 Å². The zero-order valence-corrected chi connectivity index (χ0v) is 7.35. The summed E-state index contributed by atoms with van der Waals surface area (Å²) in [6, 6.07) is 0. The smallest absolute Gasteiger partial charge is 0.0180 e. The molecular formula is C10H18. The summed E-state index contributed by atoms with van der Waals surface area (Å²) in [6.45, 7) is 6.84. The molecule has 0 spiro atoms. The van der Waals surface area contributed by atoms with Gasteiger partial charge in [-0.15, -0.1) is 0 Å². The molecule has 1 fully saturated rings. The van der Waals surface area contributed by atoms with E-state index < -0.39 is 0 Å². The van der Waals surface area contributed by atoms with Crippen molar-refractivity contribution in [3.63, 3.8) is 0 Å². The summed E-state index contributed by atoms with van der Waals surface area (Å²) in [7, 11) is 0. The first-order chi connectivity index (χ1) is 4.75. The lowest BCUT2D eigenvalue weighted by atomic mass is 9.91. The molecule has 0 saturated heterocycles. The standard InChI is InChI=1S/C10H18/c1-4-9-6-5-7-10(9)8(2)3/h4,8,10H,5-7H2,1-3H3/b9-4-. The highest BCUT2D eigenvalue weighted by atomic mass is 14.3. The third kappa shape index (κ3) is 1.42. The lowest BCUT2D eigenvalue weighted by Crippen LogP contribution is -2.04. The summed E-state index contributed by atoms with van der Waals surface area (Å²) in [5.41, 5.74) is 1.70. The molecule has 0 radical (unpaired) electrons. The Morgan fingerprint density at radius 2 is 2.20 bits per heavy atom. The normalized spacial score (nSPS) is 30.4. The summed E-state index contributed by atoms with van der Waals surface area (Å²) in [5.74, 6) is 1.76. The molecule has 0 heteroatoms. The zero-order valence-electron chi connectivity index (χ0n) is 7.35. The number of allylic oxidation sites excluding steroid dienone is 2. The average molecular weight is 138 g/mol. The van der Waals surface area contributed by atoms with Gasteiger partial charge in [-0.3, -0.25) is 0 Å². The molecule has 58 valence electrons. The highest BCUT2D eigenvalue weighted by molar-refractivity contribution is 5.10. The molecule has 0 aromatic heterocycles. The first-order valence-corrected chi connectivity index (χ1v) is 4.40. The average Bonchev–Trinajstić information content (AvgIpc) is 2.33. The second-order valence-electron chi connectivity index (χ2n) is 3.61. The molecule has 1 aliphatic rings. The van der Waals surface area contributed by atoms with Crippen LogP contribution in [0.3, 0.4) is 0 Å². The van der Waals surface area contributed by atoms with Crippen LogP contribution in [0.5, 0.6) is 0 Å². The summed E-state index contributed by atoms with van der Waals surface area (Å²) in [5, 5.41) is 0. The lowest BCUT2D eigenvalue weighted by molar-refractivity contribution is 0.452. The van der Waals surface area contributed by atoms with E-state index in [0.29, 0.717) is 0 Å². The minimum Gasteiger partial charge on any atom is -0.0882 e. The van der Waals surface area contributed by atoms with Gasteiger partial charge in [-0.05, 0) is 38.0 Å². The molecular weight excluding hydrogens is 120 g/mol. The van der Waals surface area contributed by atoms with Gasteiger partial charge in [-0.2, -0.15) is 0 Å². The van der Waals surface area contributed by atoms with Crippen LogP contribution in [-0.4, -0.2) is 0 Å². The van der Waals surface area contributed by atoms with E-state index in [2.05, 4.69) is 26.8 Å². The molecule has 0 aliphatic heterocycles. The molecule has 1 atom stereocenters. The molecule has 0 N–H and O–H groups in total. The van der Waals surface area contributed by atoms with Gasteiger partial charge in [-0.1, -0.05) is 25.5 Å². The summed E-state index contributed by atoms with van der Waals surface area (Å²) < 4.78 is 0. The van der Waals surface area contributed by atoms with Crippen molar-refractivity contribution in [3.8, 4) is 0 Å². The SMILES string of the molecule is C/C=C1/CCCC1C(C)C. The van der Waals surface area contributed by atoms with Crippen LogP contribution in [0.15, 0.2) is 11.6 Å². The van der Waals surface area contributed by atoms with Crippen molar-refractivity contribution in [1.29, 1.82) is 0 Å². The number of hydrogen-bond acceptors (Lipinski definition) is 0. The zero-order chi connectivity index (χ0) is 7.56. The molecule has 10 heavy (non-hydrogen) atoms. The van der Waals surface area contributed by atoms with E-state index in [9.17, 15) is 0 Å². The quantitative estimate of drug-likeness (QED) is 0.487. The Bertz CT molecular complexity index is 131. The van der Waals surface area contributed by atoms with Crippen LogP contribution in [-0.2, 0) is 0 Å². The fourth-order valence-electron chi connectivity index (χ4n) is 2.02. The van der Waals surface area contributed by atoms with Gasteiger partial charge in [0.2, 0.25) is 0 Å². The van der Waals surface area contributed by atoms with Crippen molar-refractivity contribution in [1.82, 2.24) is 0 Å². The van der Waals surface area contributed by atoms with Crippen LogP contribution in [0.1, 0.15) is 40.0 Å². The van der Waals surface area contributed by atoms with E-state index >= 15 is 0 Å². The van der Waals surface area contributed by atoms with E-state index in [1.165, 1.54) is 19.3 Å². The highest BCUT2D eigenvalue weighted by Crippen LogP contribution is 2.35. The largest absolute Gasteiger partial charge is 0.0882 e. The van der Waals surface area contributed by atoms with Crippen LogP contribution in [0.2, 0.25) is 0 Å². The fourth-order valence-corrected chi connectivity index (χ4v) is 2.02. The van der Waals surface area contributed by atoms with Crippen molar-refractivity contribution in [2.24, 2.45) is 11.8 Å². The van der Waals surface area contributed by atoms with Gasteiger partial charge in [0.15, 0.2) is 0 Å². The molecule has 0 bridgehead atoms. The molecule has 1 unspecified atom stereocenters. The summed E-state index contributed by atoms with van der Waals surface area (Å²) in [4.78, 5) is 0. The van der Waals surface area contributed by atoms with Crippen LogP contribution in [0.4, 0.5) is 0 Å². The predicted molar refractivity (Wildman–Crippen MR) is 45.9 cm³/mol. The Balaban J connectivity index is 2.59. The third-order valence-electron chi connectivity index (χ3n) is 2.63. The van der Waals surface area contributed by atoms with E-state index in [-0.39, 0.29) is 0 Å². The minimum atomic E-state index is 0.855. The van der Waals surface area contributed by atoms with E-state index in [0.717, 1.165) is 11.8 Å². The lowest BCUT2D eigenvalue weighted by Gasteiger charge is -2.15. The third-order valence-corrected chi connectivity index (χ3v) is 2.63. The van der Waals surface area contributed by atoms with Crippen LogP contribution in [0, 0.1) is 11.8 Å². The van der Waals surface area contributed by atoms with Crippen LogP contribution < -0.4 is 0 Å². The molecule has 1 rings (SSSR count). The van der Waals surface area contributed by atoms with Gasteiger partial charge in [0, 0.05) is 0 Å². The maximum absolute atomic E-state index is 2.33. The van der Waals surface area contributed by atoms with Crippen molar-refractivity contribution in [3.05, 3.63) is 11.6 Å². The number of hydrogen-bond donors (Lipinski definition) is 0. The van der Waals surface area contributed by atoms with Gasteiger partial charge in [0.25, 0.3) is 0 Å². The van der Waals surface area contributed by atoms with E-state index in [1.54, 1.807) is 5.57 Å². The number of rotatable bonds is 1. The summed E-state index contributed by atoms with van der Waals surface area (Å²) in [6.07, 6.45) is 6.52. The Morgan fingerprint density at radius 1 is 1.50 bits per heavy atom. The first-order valence-electron chi connectivity index (χ1n) is 4.40. The van der Waals surface area contributed by atoms with Crippen LogP contribution >= 0.6 is 0 Å². The van der Waals surface area contributed by atoms with Crippen molar-refractivity contribution in [2.45, 2.75) is 40.0 Å². The summed E-state index contributed by atoms with van der Waals surface area (Å²) >= 11 is 0. The molecule has 0 aromatic carbocycles. The molecule has 0 aromatic rings. The second-order valence-corrected chi connectivity index (χ2v) is 3.61. The maximum atomic E-state index is 2.33. The van der Waals surface area contributed by atoms with Gasteiger partial charge >= 0.3 is 0 Å². The minimum absolute atomic E-state index is 0.855. The molecule has 0 heterocycles. The van der Waals surface area contributed by atoms with Crippen LogP contribution in [0.25, 0.3) is 0 Å². The molecule has 0 nitrogen and oxygen atoms in total. The van der Waals surface area contributed by atoms with Gasteiger partial charge in [0.05, 0.1) is 0 Å². The first kappa shape index (κ1) is 7.84. The van der Waals surface area contributed by atoms with E-state index in [1.807, 2.05) is 0 Å². The Morgan fingerprint density at radius 3 is 2.60 bits per heavy atom. The predicted octanol–water partition coefficient (Wildman–Crippen LogP) is 3.39. The highest BCUT2D eigenvalue weighted by Gasteiger charge is 2.22. The topological polar surface area (TPSA) is 0 Å². The monoisotopic (exact) mass is 138 g/mol. The Kier molecular flexibility index (Phi) is 2.53. The van der Waals surface area contributed by atoms with Gasteiger partial charge in [-0.25, -0.2) is 0 Å². The Labute approximate surface area is 64.3 Å². The Hall–Kier alpha value is -0.260. The van der Waals surface area contributed by atoms with Gasteiger partial charge in [0.1, 0.15) is 0 Å². The molecule has 1 saturated carbocycles. The van der Waals surface area contributed by atoms with Crippen molar-refractivity contribution < 1.29 is 0 Å². The second kappa shape index (κ2) is 3.23. The molecule has 0 amide bonds.